The summed E-state index contributed by atoms with van der Waals surface area (Å²) in [7, 11) is 1.66. The number of anilines is 1. The van der Waals surface area contributed by atoms with Crippen LogP contribution in [0.1, 0.15) is 16.7 Å². The molecule has 0 aliphatic carbocycles. The molecule has 1 amide bonds. The van der Waals surface area contributed by atoms with E-state index in [-0.39, 0.29) is 5.91 Å². The minimum Gasteiger partial charge on any atom is -0.383 e. The summed E-state index contributed by atoms with van der Waals surface area (Å²) in [5.41, 5.74) is 1.57. The number of amides is 1. The molecule has 31 heavy (non-hydrogen) atoms. The van der Waals surface area contributed by atoms with Crippen LogP contribution in [0.4, 0.5) is 5.82 Å². The van der Waals surface area contributed by atoms with Gasteiger partial charge in [-0.2, -0.15) is 5.10 Å². The average Bonchev–Trinajstić information content (AvgIpc) is 3.39. The molecule has 162 valence electrons. The normalized spacial score (nSPS) is 11.3. The van der Waals surface area contributed by atoms with Gasteiger partial charge in [0.25, 0.3) is 5.91 Å². The van der Waals surface area contributed by atoms with Crippen molar-refractivity contribution in [1.29, 1.82) is 0 Å². The lowest BCUT2D eigenvalue weighted by Crippen LogP contribution is -2.27. The first kappa shape index (κ1) is 21.5. The number of carbonyl (C=O) groups is 1. The van der Waals surface area contributed by atoms with Crippen LogP contribution >= 0.6 is 23.1 Å². The molecule has 0 atom stereocenters. The van der Waals surface area contributed by atoms with Gasteiger partial charge in [0.15, 0.2) is 15.8 Å². The minimum atomic E-state index is -0.184. The SMILES string of the molecule is CCSc1nc(NCCOC)c2cnn(CCNC(=O)c3nc4ccccc4s3)c2n1. The monoisotopic (exact) mass is 457 g/mol. The van der Waals surface area contributed by atoms with Crippen LogP contribution in [0, 0.1) is 0 Å². The van der Waals surface area contributed by atoms with E-state index in [0.29, 0.717) is 36.4 Å². The van der Waals surface area contributed by atoms with Crippen molar-refractivity contribution in [3.8, 4) is 0 Å². The number of methoxy groups -OCH3 is 1. The summed E-state index contributed by atoms with van der Waals surface area (Å²) >= 11 is 2.96. The van der Waals surface area contributed by atoms with E-state index >= 15 is 0 Å². The highest BCUT2D eigenvalue weighted by Gasteiger charge is 2.15. The fourth-order valence-corrected chi connectivity index (χ4v) is 4.47. The number of nitrogens with zero attached hydrogens (tertiary/aromatic N) is 5. The van der Waals surface area contributed by atoms with Crippen molar-refractivity contribution >= 4 is 56.1 Å². The van der Waals surface area contributed by atoms with Crippen LogP contribution in [0.2, 0.25) is 0 Å². The molecule has 0 unspecified atom stereocenters. The number of nitrogens with one attached hydrogen (secondary N) is 2. The van der Waals surface area contributed by atoms with E-state index in [1.807, 2.05) is 24.3 Å². The van der Waals surface area contributed by atoms with E-state index in [0.717, 1.165) is 32.8 Å². The maximum absolute atomic E-state index is 12.5. The lowest BCUT2D eigenvalue weighted by atomic mass is 10.3. The number of ether oxygens (including phenoxy) is 1. The molecule has 0 aliphatic heterocycles. The van der Waals surface area contributed by atoms with Crippen molar-refractivity contribution in [2.75, 3.05) is 37.9 Å². The van der Waals surface area contributed by atoms with Crippen molar-refractivity contribution < 1.29 is 9.53 Å². The van der Waals surface area contributed by atoms with Gasteiger partial charge in [-0.25, -0.2) is 19.6 Å². The zero-order chi connectivity index (χ0) is 21.6. The van der Waals surface area contributed by atoms with Gasteiger partial charge in [0, 0.05) is 20.2 Å². The zero-order valence-electron chi connectivity index (χ0n) is 17.3. The molecule has 3 heterocycles. The van der Waals surface area contributed by atoms with E-state index in [1.165, 1.54) is 11.3 Å². The van der Waals surface area contributed by atoms with Crippen molar-refractivity contribution in [1.82, 2.24) is 30.0 Å². The first-order valence-electron chi connectivity index (χ1n) is 9.92. The van der Waals surface area contributed by atoms with Crippen LogP contribution < -0.4 is 10.6 Å². The quantitative estimate of drug-likeness (QED) is 0.213. The van der Waals surface area contributed by atoms with Crippen LogP contribution in [0.5, 0.6) is 0 Å². The Kier molecular flexibility index (Phi) is 6.95. The van der Waals surface area contributed by atoms with Gasteiger partial charge in [0.1, 0.15) is 5.82 Å². The fraction of sp³-hybridized carbons (Fsp3) is 0.350. The summed E-state index contributed by atoms with van der Waals surface area (Å²) in [6, 6.07) is 7.72. The largest absolute Gasteiger partial charge is 0.383 e. The summed E-state index contributed by atoms with van der Waals surface area (Å²) in [6.45, 7) is 4.18. The van der Waals surface area contributed by atoms with Gasteiger partial charge in [-0.3, -0.25) is 4.79 Å². The molecule has 0 saturated carbocycles. The maximum atomic E-state index is 12.5. The predicted molar refractivity (Wildman–Crippen MR) is 124 cm³/mol. The molecular formula is C20H23N7O2S2. The number of rotatable bonds is 10. The van der Waals surface area contributed by atoms with E-state index < -0.39 is 0 Å². The number of benzene rings is 1. The third-order valence-corrected chi connectivity index (χ3v) is 6.21. The minimum absolute atomic E-state index is 0.184. The molecule has 2 N–H and O–H groups in total. The molecule has 0 saturated heterocycles. The maximum Gasteiger partial charge on any atom is 0.280 e. The summed E-state index contributed by atoms with van der Waals surface area (Å²) in [5, 5.41) is 12.7. The first-order chi connectivity index (χ1) is 15.2. The van der Waals surface area contributed by atoms with Crippen LogP contribution in [-0.4, -0.2) is 63.2 Å². The molecule has 0 radical (unpaired) electrons. The number of para-hydroxylation sites is 1. The Bertz CT molecular complexity index is 1160. The van der Waals surface area contributed by atoms with Crippen molar-refractivity contribution in [3.63, 3.8) is 0 Å². The standard InChI is InChI=1S/C20H23N7O2S2/c1-3-30-20-25-16(21-9-11-29-2)13-12-23-27(17(13)26-20)10-8-22-18(28)19-24-14-6-4-5-7-15(14)31-19/h4-7,12H,3,8-11H2,1-2H3,(H,22,28)(H,21,25,26). The van der Waals surface area contributed by atoms with E-state index in [4.69, 9.17) is 4.74 Å². The van der Waals surface area contributed by atoms with Crippen molar-refractivity contribution in [2.45, 2.75) is 18.6 Å². The van der Waals surface area contributed by atoms with Crippen molar-refractivity contribution in [2.24, 2.45) is 0 Å². The number of fused-ring (bicyclic) bond motifs is 2. The molecular weight excluding hydrogens is 434 g/mol. The zero-order valence-corrected chi connectivity index (χ0v) is 18.9. The Morgan fingerprint density at radius 1 is 1.23 bits per heavy atom. The second kappa shape index (κ2) is 10.0. The predicted octanol–water partition coefficient (Wildman–Crippen LogP) is 3.04. The Morgan fingerprint density at radius 2 is 2.10 bits per heavy atom. The summed E-state index contributed by atoms with van der Waals surface area (Å²) in [6.07, 6.45) is 1.75. The number of hydrogen-bond donors (Lipinski definition) is 2. The second-order valence-electron chi connectivity index (χ2n) is 6.56. The smallest absolute Gasteiger partial charge is 0.280 e. The topological polar surface area (TPSA) is 107 Å². The van der Waals surface area contributed by atoms with Gasteiger partial charge in [-0.05, 0) is 17.9 Å². The Balaban J connectivity index is 1.46. The Hall–Kier alpha value is -2.76. The third-order valence-electron chi connectivity index (χ3n) is 4.45. The second-order valence-corrected chi connectivity index (χ2v) is 8.82. The molecule has 4 aromatic rings. The number of thiazole rings is 1. The van der Waals surface area contributed by atoms with Gasteiger partial charge < -0.3 is 15.4 Å². The average molecular weight is 458 g/mol. The van der Waals surface area contributed by atoms with Gasteiger partial charge in [-0.15, -0.1) is 11.3 Å². The number of thioether (sulfide) groups is 1. The number of aromatic nitrogens is 5. The van der Waals surface area contributed by atoms with Crippen LogP contribution in [0.15, 0.2) is 35.6 Å². The fourth-order valence-electron chi connectivity index (χ4n) is 3.02. The Morgan fingerprint density at radius 3 is 2.90 bits per heavy atom. The van der Waals surface area contributed by atoms with Gasteiger partial charge >= 0.3 is 0 Å². The van der Waals surface area contributed by atoms with E-state index in [9.17, 15) is 4.79 Å². The molecule has 9 nitrogen and oxygen atoms in total. The molecule has 0 fully saturated rings. The molecule has 0 bridgehead atoms. The summed E-state index contributed by atoms with van der Waals surface area (Å²) in [4.78, 5) is 26.2. The third kappa shape index (κ3) is 4.94. The lowest BCUT2D eigenvalue weighted by Gasteiger charge is -2.09. The highest BCUT2D eigenvalue weighted by Crippen LogP contribution is 2.24. The van der Waals surface area contributed by atoms with Crippen molar-refractivity contribution in [3.05, 3.63) is 35.5 Å². The summed E-state index contributed by atoms with van der Waals surface area (Å²) < 4.78 is 7.90. The Labute approximate surface area is 187 Å². The first-order valence-corrected chi connectivity index (χ1v) is 11.7. The van der Waals surface area contributed by atoms with Crippen LogP contribution in [-0.2, 0) is 11.3 Å². The lowest BCUT2D eigenvalue weighted by molar-refractivity contribution is 0.0952. The van der Waals surface area contributed by atoms with E-state index in [1.54, 1.807) is 29.8 Å². The van der Waals surface area contributed by atoms with Gasteiger partial charge in [0.05, 0.1) is 35.0 Å². The molecule has 0 aliphatic rings. The highest BCUT2D eigenvalue weighted by molar-refractivity contribution is 7.99. The van der Waals surface area contributed by atoms with Gasteiger partial charge in [0.2, 0.25) is 0 Å². The molecule has 11 heteroatoms. The highest BCUT2D eigenvalue weighted by atomic mass is 32.2. The molecule has 1 aromatic carbocycles. The molecule has 4 rings (SSSR count). The van der Waals surface area contributed by atoms with E-state index in [2.05, 4.69) is 37.6 Å². The van der Waals surface area contributed by atoms with Crippen LogP contribution in [0.3, 0.4) is 0 Å². The number of carbonyl (C=O) groups excluding carboxylic acids is 1. The van der Waals surface area contributed by atoms with Crippen LogP contribution in [0.25, 0.3) is 21.3 Å². The number of hydrogen-bond acceptors (Lipinski definition) is 9. The molecule has 0 spiro atoms. The molecule has 3 aromatic heterocycles. The summed E-state index contributed by atoms with van der Waals surface area (Å²) in [5.74, 6) is 1.43. The van der Waals surface area contributed by atoms with Gasteiger partial charge in [-0.1, -0.05) is 30.8 Å².